The van der Waals surface area contributed by atoms with Gasteiger partial charge in [0, 0.05) is 62.4 Å². The molecule has 0 saturated carbocycles. The molecule has 0 aliphatic carbocycles. The fourth-order valence-corrected chi connectivity index (χ4v) is 5.59. The van der Waals surface area contributed by atoms with E-state index in [1.807, 2.05) is 0 Å². The van der Waals surface area contributed by atoms with Gasteiger partial charge in [-0.25, -0.2) is 0 Å². The number of para-hydroxylation sites is 2. The molecule has 168 valence electrons. The maximum absolute atomic E-state index is 13.2. The summed E-state index contributed by atoms with van der Waals surface area (Å²) in [6.07, 6.45) is 0. The van der Waals surface area contributed by atoms with Crippen LogP contribution in [0.15, 0.2) is 54.6 Å². The average molecular weight is 441 g/mol. The van der Waals surface area contributed by atoms with Crippen LogP contribution in [0.3, 0.4) is 0 Å². The molecule has 4 aromatic rings. The monoisotopic (exact) mass is 440 g/mol. The van der Waals surface area contributed by atoms with Crippen LogP contribution in [-0.2, 0) is 17.0 Å². The van der Waals surface area contributed by atoms with E-state index in [2.05, 4.69) is 88.7 Å². The van der Waals surface area contributed by atoms with Crippen molar-refractivity contribution in [3.05, 3.63) is 65.7 Å². The van der Waals surface area contributed by atoms with Gasteiger partial charge in [-0.3, -0.25) is 4.79 Å². The second-order valence-corrected chi connectivity index (χ2v) is 9.20. The second kappa shape index (κ2) is 7.33. The number of nitrogens with zero attached hydrogens (tertiary/aromatic N) is 2. The summed E-state index contributed by atoms with van der Waals surface area (Å²) in [4.78, 5) is 15.4. The zero-order valence-electron chi connectivity index (χ0n) is 19.2. The van der Waals surface area contributed by atoms with Crippen molar-refractivity contribution in [2.75, 3.05) is 38.7 Å². The average Bonchev–Trinajstić information content (AvgIpc) is 3.38. The molecule has 0 fully saturated rings. The number of likely N-dealkylation sites (N-methyl/N-ethyl adjacent to an activating group) is 1. The summed E-state index contributed by atoms with van der Waals surface area (Å²) in [5.41, 5.74) is 6.64. The van der Waals surface area contributed by atoms with Crippen molar-refractivity contribution in [1.29, 1.82) is 0 Å². The molecule has 0 spiro atoms. The van der Waals surface area contributed by atoms with Crippen LogP contribution in [0.2, 0.25) is 0 Å². The molecule has 3 aromatic carbocycles. The first-order valence-corrected chi connectivity index (χ1v) is 11.5. The van der Waals surface area contributed by atoms with Gasteiger partial charge >= 0.3 is 0 Å². The number of ether oxygens (including phenoxy) is 1. The number of carbonyl (C=O) groups is 1. The number of nitrogens with one attached hydrogen (secondary N) is 2. The molecule has 6 rings (SSSR count). The predicted octanol–water partition coefficient (Wildman–Crippen LogP) is 4.06. The second-order valence-electron chi connectivity index (χ2n) is 9.20. The quantitative estimate of drug-likeness (QED) is 0.469. The first kappa shape index (κ1) is 20.3. The Morgan fingerprint density at radius 2 is 1.82 bits per heavy atom. The van der Waals surface area contributed by atoms with Gasteiger partial charge in [-0.1, -0.05) is 36.4 Å². The van der Waals surface area contributed by atoms with Gasteiger partial charge in [0.15, 0.2) is 5.72 Å². The first-order chi connectivity index (χ1) is 16.0. The van der Waals surface area contributed by atoms with Crippen molar-refractivity contribution >= 4 is 33.4 Å². The van der Waals surface area contributed by atoms with Gasteiger partial charge in [-0.15, -0.1) is 0 Å². The largest absolute Gasteiger partial charge is 0.373 e. The van der Waals surface area contributed by atoms with Gasteiger partial charge in [0.2, 0.25) is 0 Å². The summed E-state index contributed by atoms with van der Waals surface area (Å²) in [6.45, 7) is 4.99. The molecule has 2 bridgehead atoms. The molecule has 0 radical (unpaired) electrons. The normalized spacial score (nSPS) is 20.5. The SMILES string of the molecule is CO[C@@]1(C)CNCCN(C)c2ccccc2-c2cc3c(c4c2C(=O)NC4)c2ccccc2n31. The lowest BCUT2D eigenvalue weighted by atomic mass is 9.92. The lowest BCUT2D eigenvalue weighted by molar-refractivity contribution is -0.0532. The molecule has 1 atom stereocenters. The lowest BCUT2D eigenvalue weighted by Crippen LogP contribution is -2.44. The number of methoxy groups -OCH3 is 1. The van der Waals surface area contributed by atoms with Crippen molar-refractivity contribution in [2.45, 2.75) is 19.2 Å². The lowest BCUT2D eigenvalue weighted by Gasteiger charge is -2.33. The summed E-state index contributed by atoms with van der Waals surface area (Å²) >= 11 is 0. The highest BCUT2D eigenvalue weighted by atomic mass is 16.5. The molecule has 0 saturated heterocycles. The Balaban J connectivity index is 1.83. The summed E-state index contributed by atoms with van der Waals surface area (Å²) in [7, 11) is 3.88. The van der Waals surface area contributed by atoms with E-state index >= 15 is 0 Å². The number of hydrogen-bond acceptors (Lipinski definition) is 4. The van der Waals surface area contributed by atoms with E-state index in [9.17, 15) is 4.79 Å². The van der Waals surface area contributed by atoms with Crippen LogP contribution in [0.1, 0.15) is 22.8 Å². The number of fused-ring (bicyclic) bond motifs is 9. The molecular weight excluding hydrogens is 412 g/mol. The number of benzene rings is 3. The zero-order valence-corrected chi connectivity index (χ0v) is 19.2. The van der Waals surface area contributed by atoms with Crippen molar-refractivity contribution in [3.63, 3.8) is 0 Å². The van der Waals surface area contributed by atoms with E-state index in [1.54, 1.807) is 7.11 Å². The number of anilines is 1. The van der Waals surface area contributed by atoms with Gasteiger partial charge in [0.25, 0.3) is 5.91 Å². The molecule has 2 aliphatic rings. The summed E-state index contributed by atoms with van der Waals surface area (Å²) in [5, 5.41) is 9.00. The van der Waals surface area contributed by atoms with E-state index in [1.165, 1.54) is 0 Å². The Labute approximate surface area is 193 Å². The maximum Gasteiger partial charge on any atom is 0.252 e. The molecule has 2 aliphatic heterocycles. The van der Waals surface area contributed by atoms with Gasteiger partial charge in [-0.2, -0.15) is 0 Å². The van der Waals surface area contributed by atoms with Crippen molar-refractivity contribution in [2.24, 2.45) is 0 Å². The fraction of sp³-hybridized carbons (Fsp3) is 0.296. The van der Waals surface area contributed by atoms with Crippen LogP contribution < -0.4 is 15.5 Å². The van der Waals surface area contributed by atoms with Crippen molar-refractivity contribution < 1.29 is 9.53 Å². The highest BCUT2D eigenvalue weighted by Crippen LogP contribution is 2.44. The van der Waals surface area contributed by atoms with E-state index in [4.69, 9.17) is 4.74 Å². The Kier molecular flexibility index (Phi) is 4.50. The Morgan fingerprint density at radius 3 is 2.67 bits per heavy atom. The van der Waals surface area contributed by atoms with Gasteiger partial charge < -0.3 is 24.8 Å². The molecular formula is C27H28N4O2. The minimum atomic E-state index is -0.597. The minimum Gasteiger partial charge on any atom is -0.373 e. The van der Waals surface area contributed by atoms with Crippen molar-refractivity contribution in [1.82, 2.24) is 15.2 Å². The topological polar surface area (TPSA) is 58.5 Å². The number of rotatable bonds is 1. The zero-order chi connectivity index (χ0) is 22.7. The van der Waals surface area contributed by atoms with Crippen molar-refractivity contribution in [3.8, 4) is 11.1 Å². The van der Waals surface area contributed by atoms with E-state index in [-0.39, 0.29) is 5.91 Å². The van der Waals surface area contributed by atoms with Gasteiger partial charge in [0.05, 0.1) is 16.6 Å². The van der Waals surface area contributed by atoms with Crippen LogP contribution in [0.25, 0.3) is 32.9 Å². The molecule has 1 aromatic heterocycles. The third-order valence-electron chi connectivity index (χ3n) is 7.31. The highest BCUT2D eigenvalue weighted by Gasteiger charge is 2.34. The predicted molar refractivity (Wildman–Crippen MR) is 133 cm³/mol. The van der Waals surface area contributed by atoms with E-state index in [0.717, 1.165) is 62.8 Å². The number of amides is 1. The van der Waals surface area contributed by atoms with Crippen LogP contribution in [-0.4, -0.2) is 44.3 Å². The summed E-state index contributed by atoms with van der Waals surface area (Å²) < 4.78 is 8.49. The third kappa shape index (κ3) is 2.84. The van der Waals surface area contributed by atoms with Crippen LogP contribution in [0.4, 0.5) is 5.69 Å². The maximum atomic E-state index is 13.2. The van der Waals surface area contributed by atoms with E-state index < -0.39 is 5.72 Å². The molecule has 6 heteroatoms. The van der Waals surface area contributed by atoms with E-state index in [0.29, 0.717) is 13.1 Å². The standard InChI is InChI=1S/C27H28N4O2/c1-27(33-3)16-28-12-13-30(2)21-10-6-4-8-17(21)19-14-23-24(20-15-29-26(32)25(19)20)18-9-5-7-11-22(18)31(23)27/h4-11,14,28H,12-13,15-16H2,1-3H3,(H,29,32)/t27-/m0/s1. The van der Waals surface area contributed by atoms with Crippen LogP contribution in [0, 0.1) is 0 Å². The molecule has 2 N–H and O–H groups in total. The Morgan fingerprint density at radius 1 is 1.03 bits per heavy atom. The first-order valence-electron chi connectivity index (χ1n) is 11.5. The highest BCUT2D eigenvalue weighted by molar-refractivity contribution is 6.18. The third-order valence-corrected chi connectivity index (χ3v) is 7.31. The Bertz CT molecular complexity index is 1420. The summed E-state index contributed by atoms with van der Waals surface area (Å²) in [6, 6.07) is 19.0. The molecule has 6 nitrogen and oxygen atoms in total. The molecule has 0 unspecified atom stereocenters. The Hall–Kier alpha value is -3.35. The minimum absolute atomic E-state index is 0.000508. The van der Waals surface area contributed by atoms with Crippen LogP contribution in [0.5, 0.6) is 0 Å². The van der Waals surface area contributed by atoms with Gasteiger partial charge in [-0.05, 0) is 36.2 Å². The smallest absolute Gasteiger partial charge is 0.252 e. The van der Waals surface area contributed by atoms with Gasteiger partial charge in [0.1, 0.15) is 0 Å². The van der Waals surface area contributed by atoms with Crippen LogP contribution >= 0.6 is 0 Å². The number of hydrogen-bond donors (Lipinski definition) is 2. The molecule has 33 heavy (non-hydrogen) atoms. The molecule has 3 heterocycles. The number of aromatic nitrogens is 1. The summed E-state index contributed by atoms with van der Waals surface area (Å²) in [5.74, 6) is -0.000508. The molecule has 1 amide bonds. The fourth-order valence-electron chi connectivity index (χ4n) is 5.59. The number of carbonyl (C=O) groups excluding carboxylic acids is 1.